The Hall–Kier alpha value is -3.81. The third-order valence-electron chi connectivity index (χ3n) is 7.17. The Labute approximate surface area is 241 Å². The van der Waals surface area contributed by atoms with E-state index < -0.39 is 5.97 Å². The standard InChI is InChI=1S/C31H27Cl2N3O4/c1-17(2)29-22(28(35-40-29)27-23(32)4-3-5-24(27)33)16-39-21-11-8-19(9-12-21)30-34-25-13-10-20(31(37)38)14-26(25)36(30)15-18-6-7-18/h3-5,8-14,17-18H,6-7,15-16H2,1-2H3,(H,37,38). The first-order valence-electron chi connectivity index (χ1n) is 13.2. The minimum Gasteiger partial charge on any atom is -0.489 e. The van der Waals surface area contributed by atoms with Crippen LogP contribution < -0.4 is 4.74 Å². The number of rotatable bonds is 9. The second-order valence-electron chi connectivity index (χ2n) is 10.4. The average Bonchev–Trinajstić information content (AvgIpc) is 3.55. The molecule has 7 nitrogen and oxygen atoms in total. The van der Waals surface area contributed by atoms with Gasteiger partial charge >= 0.3 is 5.97 Å². The number of nitrogens with zero attached hydrogens (tertiary/aromatic N) is 3. The summed E-state index contributed by atoms with van der Waals surface area (Å²) in [5.41, 5.74) is 4.79. The summed E-state index contributed by atoms with van der Waals surface area (Å²) < 4.78 is 14.0. The van der Waals surface area contributed by atoms with E-state index >= 15 is 0 Å². The lowest BCUT2D eigenvalue weighted by Crippen LogP contribution is -2.04. The van der Waals surface area contributed by atoms with Crippen molar-refractivity contribution in [2.45, 2.75) is 45.8 Å². The van der Waals surface area contributed by atoms with Crippen molar-refractivity contribution in [2.24, 2.45) is 5.92 Å². The predicted molar refractivity (Wildman–Crippen MR) is 155 cm³/mol. The summed E-state index contributed by atoms with van der Waals surface area (Å²) in [6.45, 7) is 5.10. The molecule has 0 aliphatic heterocycles. The maximum atomic E-state index is 11.6. The summed E-state index contributed by atoms with van der Waals surface area (Å²) in [6, 6.07) is 18.2. The van der Waals surface area contributed by atoms with Crippen LogP contribution in [0.5, 0.6) is 5.75 Å². The van der Waals surface area contributed by atoms with Gasteiger partial charge in [-0.1, -0.05) is 48.3 Å². The fourth-order valence-electron chi connectivity index (χ4n) is 4.91. The van der Waals surface area contributed by atoms with Crippen LogP contribution in [-0.2, 0) is 13.2 Å². The summed E-state index contributed by atoms with van der Waals surface area (Å²) >= 11 is 13.0. The van der Waals surface area contributed by atoms with Gasteiger partial charge in [0.15, 0.2) is 0 Å². The van der Waals surface area contributed by atoms with Crippen LogP contribution in [0.1, 0.15) is 54.3 Å². The lowest BCUT2D eigenvalue weighted by molar-refractivity contribution is 0.0697. The molecule has 3 aromatic carbocycles. The van der Waals surface area contributed by atoms with Gasteiger partial charge in [0.2, 0.25) is 0 Å². The number of hydrogen-bond donors (Lipinski definition) is 1. The third kappa shape index (κ3) is 5.07. The number of carboxylic acids is 1. The van der Waals surface area contributed by atoms with E-state index in [1.54, 1.807) is 36.4 Å². The average molecular weight is 576 g/mol. The topological polar surface area (TPSA) is 90.4 Å². The maximum Gasteiger partial charge on any atom is 0.335 e. The number of carbonyl (C=O) groups is 1. The number of ether oxygens (including phenoxy) is 1. The smallest absolute Gasteiger partial charge is 0.335 e. The maximum absolute atomic E-state index is 11.6. The van der Waals surface area contributed by atoms with Gasteiger partial charge in [0, 0.05) is 23.6 Å². The first kappa shape index (κ1) is 26.4. The van der Waals surface area contributed by atoms with Crippen molar-refractivity contribution in [3.05, 3.63) is 87.6 Å². The van der Waals surface area contributed by atoms with E-state index in [9.17, 15) is 9.90 Å². The number of aromatic nitrogens is 3. The summed E-state index contributed by atoms with van der Waals surface area (Å²) in [7, 11) is 0. The molecular formula is C31H27Cl2N3O4. The van der Waals surface area contributed by atoms with Crippen molar-refractivity contribution >= 4 is 40.2 Å². The summed E-state index contributed by atoms with van der Waals surface area (Å²) in [5.74, 6) is 1.94. The molecule has 0 atom stereocenters. The molecular weight excluding hydrogens is 549 g/mol. The first-order valence-corrected chi connectivity index (χ1v) is 14.0. The molecule has 6 rings (SSSR count). The molecule has 0 saturated heterocycles. The van der Waals surface area contributed by atoms with Gasteiger partial charge in [-0.15, -0.1) is 0 Å². The van der Waals surface area contributed by atoms with Crippen molar-refractivity contribution in [3.8, 4) is 28.4 Å². The van der Waals surface area contributed by atoms with Crippen molar-refractivity contribution in [3.63, 3.8) is 0 Å². The highest BCUT2D eigenvalue weighted by Crippen LogP contribution is 2.39. The van der Waals surface area contributed by atoms with Gasteiger partial charge in [0.25, 0.3) is 0 Å². The zero-order chi connectivity index (χ0) is 28.0. The van der Waals surface area contributed by atoms with Crippen LogP contribution in [-0.4, -0.2) is 25.8 Å². The molecule has 9 heteroatoms. The van der Waals surface area contributed by atoms with Gasteiger partial charge in [0.05, 0.1) is 32.2 Å². The largest absolute Gasteiger partial charge is 0.489 e. The zero-order valence-electron chi connectivity index (χ0n) is 22.0. The van der Waals surface area contributed by atoms with Gasteiger partial charge in [0.1, 0.15) is 29.6 Å². The minimum absolute atomic E-state index is 0.0876. The Bertz CT molecular complexity index is 1700. The third-order valence-corrected chi connectivity index (χ3v) is 7.80. The van der Waals surface area contributed by atoms with E-state index in [1.165, 1.54) is 12.8 Å². The highest BCUT2D eigenvalue weighted by molar-refractivity contribution is 6.39. The fraction of sp³-hybridized carbons (Fsp3) is 0.258. The van der Waals surface area contributed by atoms with Gasteiger partial charge in [-0.2, -0.15) is 0 Å². The van der Waals surface area contributed by atoms with Gasteiger partial charge in [-0.05, 0) is 73.4 Å². The second kappa shape index (κ2) is 10.6. The monoisotopic (exact) mass is 575 g/mol. The number of hydrogen-bond acceptors (Lipinski definition) is 5. The normalized spacial score (nSPS) is 13.3. The molecule has 1 saturated carbocycles. The molecule has 204 valence electrons. The Morgan fingerprint density at radius 2 is 1.82 bits per heavy atom. The lowest BCUT2D eigenvalue weighted by Gasteiger charge is -2.12. The second-order valence-corrected chi connectivity index (χ2v) is 11.3. The molecule has 0 spiro atoms. The van der Waals surface area contributed by atoms with Gasteiger partial charge in [-0.3, -0.25) is 0 Å². The van der Waals surface area contributed by atoms with E-state index in [0.29, 0.717) is 33.0 Å². The van der Waals surface area contributed by atoms with E-state index in [0.717, 1.165) is 40.3 Å². The van der Waals surface area contributed by atoms with E-state index in [1.807, 2.05) is 38.1 Å². The van der Waals surface area contributed by atoms with Crippen LogP contribution in [0.3, 0.4) is 0 Å². The Morgan fingerprint density at radius 3 is 2.48 bits per heavy atom. The molecule has 0 radical (unpaired) electrons. The molecule has 40 heavy (non-hydrogen) atoms. The molecule has 0 amide bonds. The molecule has 1 aliphatic carbocycles. The van der Waals surface area contributed by atoms with E-state index in [2.05, 4.69) is 9.72 Å². The molecule has 2 aromatic heterocycles. The van der Waals surface area contributed by atoms with Gasteiger partial charge in [-0.25, -0.2) is 9.78 Å². The minimum atomic E-state index is -0.947. The van der Waals surface area contributed by atoms with E-state index in [-0.39, 0.29) is 18.1 Å². The van der Waals surface area contributed by atoms with Crippen LogP contribution in [0.15, 0.2) is 65.2 Å². The van der Waals surface area contributed by atoms with Crippen LogP contribution in [0.25, 0.3) is 33.7 Å². The van der Waals surface area contributed by atoms with Crippen LogP contribution in [0, 0.1) is 5.92 Å². The van der Waals surface area contributed by atoms with Crippen LogP contribution >= 0.6 is 23.2 Å². The molecule has 1 aliphatic rings. The zero-order valence-corrected chi connectivity index (χ0v) is 23.5. The Morgan fingerprint density at radius 1 is 1.10 bits per heavy atom. The van der Waals surface area contributed by atoms with Crippen molar-refractivity contribution in [1.82, 2.24) is 14.7 Å². The summed E-state index contributed by atoms with van der Waals surface area (Å²) in [5, 5.41) is 14.8. The quantitative estimate of drug-likeness (QED) is 0.189. The number of halogens is 2. The molecule has 2 heterocycles. The predicted octanol–water partition coefficient (Wildman–Crippen LogP) is 8.48. The number of imidazole rings is 1. The van der Waals surface area contributed by atoms with Crippen molar-refractivity contribution < 1.29 is 19.2 Å². The molecule has 5 aromatic rings. The molecule has 1 fully saturated rings. The highest BCUT2D eigenvalue weighted by Gasteiger charge is 2.26. The number of benzene rings is 3. The Balaban J connectivity index is 1.29. The van der Waals surface area contributed by atoms with Crippen molar-refractivity contribution in [2.75, 3.05) is 0 Å². The van der Waals surface area contributed by atoms with E-state index in [4.69, 9.17) is 37.4 Å². The van der Waals surface area contributed by atoms with Crippen molar-refractivity contribution in [1.29, 1.82) is 0 Å². The Kier molecular flexibility index (Phi) is 7.02. The summed E-state index contributed by atoms with van der Waals surface area (Å²) in [6.07, 6.45) is 2.35. The number of carboxylic acid groups (broad SMARTS) is 1. The SMILES string of the molecule is CC(C)c1onc(-c2c(Cl)cccc2Cl)c1COc1ccc(-c2nc3ccc(C(=O)O)cc3n2CC2CC2)cc1. The molecule has 0 unspecified atom stereocenters. The highest BCUT2D eigenvalue weighted by atomic mass is 35.5. The first-order chi connectivity index (χ1) is 19.3. The summed E-state index contributed by atoms with van der Waals surface area (Å²) in [4.78, 5) is 16.4. The van der Waals surface area contributed by atoms with Crippen LogP contribution in [0.2, 0.25) is 10.0 Å². The van der Waals surface area contributed by atoms with Gasteiger partial charge < -0.3 is 18.9 Å². The lowest BCUT2D eigenvalue weighted by atomic mass is 10.0. The number of aromatic carboxylic acids is 1. The number of fused-ring (bicyclic) bond motifs is 1. The fourth-order valence-corrected chi connectivity index (χ4v) is 5.49. The van der Waals surface area contributed by atoms with Crippen LogP contribution in [0.4, 0.5) is 0 Å². The molecule has 0 bridgehead atoms. The molecule has 1 N–H and O–H groups in total.